The van der Waals surface area contributed by atoms with Crippen LogP contribution in [0, 0.1) is 6.92 Å². The van der Waals surface area contributed by atoms with Gasteiger partial charge in [-0.15, -0.1) is 0 Å². The van der Waals surface area contributed by atoms with E-state index >= 15 is 0 Å². The molecule has 2 N–H and O–H groups in total. The first-order valence-electron chi connectivity index (χ1n) is 6.10. The molecule has 0 saturated heterocycles. The van der Waals surface area contributed by atoms with Crippen molar-refractivity contribution in [3.63, 3.8) is 0 Å². The van der Waals surface area contributed by atoms with Gasteiger partial charge in [0, 0.05) is 25.9 Å². The number of aliphatic carboxylic acids is 1. The Balaban J connectivity index is 2.71. The minimum atomic E-state index is -1.00. The van der Waals surface area contributed by atoms with Crippen LogP contribution in [-0.4, -0.2) is 42.4 Å². The third-order valence-corrected chi connectivity index (χ3v) is 2.50. The number of rotatable bonds is 8. The Morgan fingerprint density at radius 3 is 2.89 bits per heavy atom. The van der Waals surface area contributed by atoms with Gasteiger partial charge in [-0.3, -0.25) is 4.98 Å². The van der Waals surface area contributed by atoms with Crippen LogP contribution in [0.25, 0.3) is 0 Å². The SMILES string of the molecule is COCCNCc1nc(C)ccc1OC(C)C(=O)O. The molecule has 0 aromatic carbocycles. The molecule has 0 bridgehead atoms. The molecule has 19 heavy (non-hydrogen) atoms. The number of nitrogens with zero attached hydrogens (tertiary/aromatic N) is 1. The summed E-state index contributed by atoms with van der Waals surface area (Å²) in [6.45, 7) is 5.17. The van der Waals surface area contributed by atoms with E-state index in [9.17, 15) is 4.79 Å². The second-order valence-corrected chi connectivity index (χ2v) is 4.17. The van der Waals surface area contributed by atoms with Crippen LogP contribution in [0.3, 0.4) is 0 Å². The average molecular weight is 268 g/mol. The smallest absolute Gasteiger partial charge is 0.344 e. The van der Waals surface area contributed by atoms with E-state index in [0.717, 1.165) is 5.69 Å². The molecule has 0 spiro atoms. The maximum Gasteiger partial charge on any atom is 0.344 e. The number of nitrogens with one attached hydrogen (secondary N) is 1. The highest BCUT2D eigenvalue weighted by molar-refractivity contribution is 5.72. The maximum absolute atomic E-state index is 10.8. The Bertz CT molecular complexity index is 423. The van der Waals surface area contributed by atoms with Crippen molar-refractivity contribution in [1.82, 2.24) is 10.3 Å². The zero-order valence-electron chi connectivity index (χ0n) is 11.5. The summed E-state index contributed by atoms with van der Waals surface area (Å²) < 4.78 is 10.3. The lowest BCUT2D eigenvalue weighted by Crippen LogP contribution is -2.25. The Hall–Kier alpha value is -1.66. The molecule has 0 saturated carbocycles. The zero-order valence-corrected chi connectivity index (χ0v) is 11.5. The molecular weight excluding hydrogens is 248 g/mol. The van der Waals surface area contributed by atoms with Gasteiger partial charge in [-0.2, -0.15) is 0 Å². The predicted octanol–water partition coefficient (Wildman–Crippen LogP) is 0.978. The number of hydrogen-bond acceptors (Lipinski definition) is 5. The number of carboxylic acid groups (broad SMARTS) is 1. The maximum atomic E-state index is 10.8. The fourth-order valence-electron chi connectivity index (χ4n) is 1.45. The number of pyridine rings is 1. The normalized spacial score (nSPS) is 12.2. The fraction of sp³-hybridized carbons (Fsp3) is 0.538. The molecule has 1 aromatic heterocycles. The van der Waals surface area contributed by atoms with Crippen molar-refractivity contribution in [2.45, 2.75) is 26.5 Å². The van der Waals surface area contributed by atoms with Gasteiger partial charge < -0.3 is 19.9 Å². The Labute approximate surface area is 112 Å². The molecule has 6 heteroatoms. The largest absolute Gasteiger partial charge is 0.479 e. The number of aromatic nitrogens is 1. The van der Waals surface area contributed by atoms with E-state index in [4.69, 9.17) is 14.6 Å². The fourth-order valence-corrected chi connectivity index (χ4v) is 1.45. The van der Waals surface area contributed by atoms with Gasteiger partial charge in [-0.05, 0) is 26.0 Å². The van der Waals surface area contributed by atoms with Crippen LogP contribution in [0.1, 0.15) is 18.3 Å². The van der Waals surface area contributed by atoms with Gasteiger partial charge in [0.2, 0.25) is 0 Å². The highest BCUT2D eigenvalue weighted by Gasteiger charge is 2.15. The molecule has 0 aliphatic carbocycles. The van der Waals surface area contributed by atoms with Gasteiger partial charge in [0.05, 0.1) is 12.3 Å². The molecule has 106 valence electrons. The minimum Gasteiger partial charge on any atom is -0.479 e. The van der Waals surface area contributed by atoms with Gasteiger partial charge in [0.25, 0.3) is 0 Å². The lowest BCUT2D eigenvalue weighted by molar-refractivity contribution is -0.144. The van der Waals surface area contributed by atoms with Gasteiger partial charge in [0.15, 0.2) is 6.10 Å². The average Bonchev–Trinajstić information content (AvgIpc) is 2.37. The third-order valence-electron chi connectivity index (χ3n) is 2.50. The van der Waals surface area contributed by atoms with Crippen LogP contribution in [0.2, 0.25) is 0 Å². The van der Waals surface area contributed by atoms with Crippen LogP contribution in [0.4, 0.5) is 0 Å². The number of aryl methyl sites for hydroxylation is 1. The van der Waals surface area contributed by atoms with Gasteiger partial charge in [-0.1, -0.05) is 0 Å². The highest BCUT2D eigenvalue weighted by Crippen LogP contribution is 2.18. The number of carboxylic acids is 1. The standard InChI is InChI=1S/C13H20N2O4/c1-9-4-5-12(19-10(2)13(16)17)11(15-9)8-14-6-7-18-3/h4-5,10,14H,6-8H2,1-3H3,(H,16,17). The molecular formula is C13H20N2O4. The van der Waals surface area contributed by atoms with Crippen molar-refractivity contribution in [2.24, 2.45) is 0 Å². The molecule has 0 radical (unpaired) electrons. The van der Waals surface area contributed by atoms with Gasteiger partial charge in [0.1, 0.15) is 5.75 Å². The van der Waals surface area contributed by atoms with Crippen LogP contribution in [0.5, 0.6) is 5.75 Å². The van der Waals surface area contributed by atoms with Crippen LogP contribution >= 0.6 is 0 Å². The van der Waals surface area contributed by atoms with Crippen molar-refractivity contribution in [3.8, 4) is 5.75 Å². The van der Waals surface area contributed by atoms with Crippen LogP contribution < -0.4 is 10.1 Å². The topological polar surface area (TPSA) is 80.7 Å². The van der Waals surface area contributed by atoms with E-state index in [1.807, 2.05) is 6.92 Å². The molecule has 6 nitrogen and oxygen atoms in total. The van der Waals surface area contributed by atoms with Crippen LogP contribution in [0.15, 0.2) is 12.1 Å². The molecule has 0 aliphatic rings. The highest BCUT2D eigenvalue weighted by atomic mass is 16.5. The first kappa shape index (κ1) is 15.4. The van der Waals surface area contributed by atoms with E-state index in [2.05, 4.69) is 10.3 Å². The lowest BCUT2D eigenvalue weighted by atomic mass is 10.2. The minimum absolute atomic E-state index is 0.491. The zero-order chi connectivity index (χ0) is 14.3. The van der Waals surface area contributed by atoms with Crippen molar-refractivity contribution in [2.75, 3.05) is 20.3 Å². The summed E-state index contributed by atoms with van der Waals surface area (Å²) in [6.07, 6.45) is -0.901. The van der Waals surface area contributed by atoms with E-state index in [1.165, 1.54) is 6.92 Å². The predicted molar refractivity (Wildman–Crippen MR) is 70.3 cm³/mol. The summed E-state index contributed by atoms with van der Waals surface area (Å²) in [5.41, 5.74) is 1.56. The van der Waals surface area contributed by atoms with E-state index in [0.29, 0.717) is 31.1 Å². The van der Waals surface area contributed by atoms with Gasteiger partial charge in [-0.25, -0.2) is 4.79 Å². The monoisotopic (exact) mass is 268 g/mol. The van der Waals surface area contributed by atoms with Crippen molar-refractivity contribution >= 4 is 5.97 Å². The van der Waals surface area contributed by atoms with Crippen molar-refractivity contribution in [1.29, 1.82) is 0 Å². The van der Waals surface area contributed by atoms with E-state index in [-0.39, 0.29) is 0 Å². The summed E-state index contributed by atoms with van der Waals surface area (Å²) in [6, 6.07) is 3.54. The number of methoxy groups -OCH3 is 1. The second kappa shape index (κ2) is 7.70. The Morgan fingerprint density at radius 1 is 1.53 bits per heavy atom. The Morgan fingerprint density at radius 2 is 2.26 bits per heavy atom. The molecule has 1 rings (SSSR count). The second-order valence-electron chi connectivity index (χ2n) is 4.17. The molecule has 1 atom stereocenters. The van der Waals surface area contributed by atoms with E-state index < -0.39 is 12.1 Å². The lowest BCUT2D eigenvalue weighted by Gasteiger charge is -2.14. The summed E-state index contributed by atoms with van der Waals surface area (Å²) in [5, 5.41) is 12.0. The number of ether oxygens (including phenoxy) is 2. The Kier molecular flexibility index (Phi) is 6.24. The molecule has 1 aromatic rings. The number of carbonyl (C=O) groups is 1. The third kappa shape index (κ3) is 5.23. The summed E-state index contributed by atoms with van der Waals surface area (Å²) in [7, 11) is 1.63. The first-order valence-corrected chi connectivity index (χ1v) is 6.10. The number of hydrogen-bond donors (Lipinski definition) is 2. The molecule has 1 unspecified atom stereocenters. The van der Waals surface area contributed by atoms with Gasteiger partial charge >= 0.3 is 5.97 Å². The molecule has 0 amide bonds. The van der Waals surface area contributed by atoms with Crippen molar-refractivity contribution in [3.05, 3.63) is 23.5 Å². The quantitative estimate of drug-likeness (QED) is 0.684. The molecule has 1 heterocycles. The summed E-state index contributed by atoms with van der Waals surface area (Å²) in [4.78, 5) is 15.2. The summed E-state index contributed by atoms with van der Waals surface area (Å²) in [5.74, 6) is -0.510. The summed E-state index contributed by atoms with van der Waals surface area (Å²) >= 11 is 0. The first-order chi connectivity index (χ1) is 9.04. The van der Waals surface area contributed by atoms with Crippen LogP contribution in [-0.2, 0) is 16.1 Å². The molecule has 0 aliphatic heterocycles. The van der Waals surface area contributed by atoms with Crippen molar-refractivity contribution < 1.29 is 19.4 Å². The van der Waals surface area contributed by atoms with E-state index in [1.54, 1.807) is 19.2 Å². The molecule has 0 fully saturated rings.